The number of anilines is 1. The van der Waals surface area contributed by atoms with Gasteiger partial charge in [0.15, 0.2) is 0 Å². The Hall–Kier alpha value is -2.30. The summed E-state index contributed by atoms with van der Waals surface area (Å²) >= 11 is 0. The molecule has 1 aromatic rings. The molecule has 0 saturated carbocycles. The topological polar surface area (TPSA) is 89.6 Å². The molecule has 3 N–H and O–H groups in total. The maximum Gasteiger partial charge on any atom is 0.328 e. The van der Waals surface area contributed by atoms with Gasteiger partial charge in [0.2, 0.25) is 0 Å². The molecule has 0 aliphatic heterocycles. The van der Waals surface area contributed by atoms with Crippen LogP contribution in [0.3, 0.4) is 0 Å². The van der Waals surface area contributed by atoms with E-state index in [1.807, 2.05) is 0 Å². The monoisotopic (exact) mass is 263 g/mol. The number of carbonyl (C=O) groups is 2. The van der Waals surface area contributed by atoms with Crippen LogP contribution in [-0.2, 0) is 20.7 Å². The Bertz CT molecular complexity index is 494. The number of nitrogens with two attached hydrogens (primary N) is 1. The van der Waals surface area contributed by atoms with Crippen molar-refractivity contribution in [3.8, 4) is 0 Å². The van der Waals surface area contributed by atoms with E-state index in [2.05, 4.69) is 0 Å². The van der Waals surface area contributed by atoms with Crippen LogP contribution in [0.2, 0.25) is 0 Å². The van der Waals surface area contributed by atoms with Gasteiger partial charge in [0.1, 0.15) is 0 Å². The van der Waals surface area contributed by atoms with Gasteiger partial charge in [-0.2, -0.15) is 0 Å². The lowest BCUT2D eigenvalue weighted by atomic mass is 10.0. The molecule has 1 rings (SSSR count). The lowest BCUT2D eigenvalue weighted by Gasteiger charge is -2.09. The molecule has 0 aliphatic carbocycles. The molecule has 1 aromatic carbocycles. The van der Waals surface area contributed by atoms with Gasteiger partial charge in [-0.1, -0.05) is 12.1 Å². The molecule has 0 amide bonds. The van der Waals surface area contributed by atoms with E-state index in [0.29, 0.717) is 24.3 Å². The number of rotatable bonds is 6. The highest BCUT2D eigenvalue weighted by atomic mass is 16.5. The van der Waals surface area contributed by atoms with E-state index >= 15 is 0 Å². The Morgan fingerprint density at radius 1 is 1.42 bits per heavy atom. The quantitative estimate of drug-likeness (QED) is 0.464. The normalized spacial score (nSPS) is 10.6. The summed E-state index contributed by atoms with van der Waals surface area (Å²) in [5.41, 5.74) is 7.85. The van der Waals surface area contributed by atoms with E-state index in [0.717, 1.165) is 11.6 Å². The van der Waals surface area contributed by atoms with Crippen molar-refractivity contribution in [1.82, 2.24) is 0 Å². The number of hydrogen-bond donors (Lipinski definition) is 2. The minimum absolute atomic E-state index is 0.218. The van der Waals surface area contributed by atoms with E-state index < -0.39 is 5.97 Å². The van der Waals surface area contributed by atoms with E-state index in [1.54, 1.807) is 25.1 Å². The van der Waals surface area contributed by atoms with Crippen LogP contribution in [0.5, 0.6) is 0 Å². The second-order valence-corrected chi connectivity index (χ2v) is 3.89. The zero-order valence-electron chi connectivity index (χ0n) is 10.8. The van der Waals surface area contributed by atoms with Gasteiger partial charge in [-0.15, -0.1) is 0 Å². The van der Waals surface area contributed by atoms with Gasteiger partial charge < -0.3 is 15.6 Å². The van der Waals surface area contributed by atoms with Crippen molar-refractivity contribution in [3.05, 3.63) is 35.4 Å². The molecule has 0 unspecified atom stereocenters. The third kappa shape index (κ3) is 4.83. The van der Waals surface area contributed by atoms with Crippen LogP contribution in [0.4, 0.5) is 5.69 Å². The molecular weight excluding hydrogens is 246 g/mol. The summed E-state index contributed by atoms with van der Waals surface area (Å²) in [6.45, 7) is 2.09. The molecule has 19 heavy (non-hydrogen) atoms. The van der Waals surface area contributed by atoms with Crippen molar-refractivity contribution in [3.63, 3.8) is 0 Å². The van der Waals surface area contributed by atoms with Crippen molar-refractivity contribution < 1.29 is 19.4 Å². The molecule has 0 bridgehead atoms. The summed E-state index contributed by atoms with van der Waals surface area (Å²) in [5, 5.41) is 8.63. The predicted molar refractivity (Wildman–Crippen MR) is 72.5 cm³/mol. The summed E-state index contributed by atoms with van der Waals surface area (Å²) in [5.74, 6) is -1.32. The molecule has 0 radical (unpaired) electrons. The SMILES string of the molecule is CCOC(=O)CCc1c(N)cccc1/C=C/C(=O)O. The van der Waals surface area contributed by atoms with Crippen LogP contribution in [0.15, 0.2) is 24.3 Å². The lowest BCUT2D eigenvalue weighted by Crippen LogP contribution is -2.07. The first kappa shape index (κ1) is 14.8. The Morgan fingerprint density at radius 2 is 2.16 bits per heavy atom. The third-order valence-corrected chi connectivity index (χ3v) is 2.54. The first-order chi connectivity index (χ1) is 9.04. The maximum absolute atomic E-state index is 11.3. The standard InChI is InChI=1S/C14H17NO4/c1-2-19-14(18)9-7-11-10(6-8-13(16)17)4-3-5-12(11)15/h3-6,8H,2,7,9,15H2,1H3,(H,16,17)/b8-6+. The third-order valence-electron chi connectivity index (χ3n) is 2.54. The molecule has 5 heteroatoms. The largest absolute Gasteiger partial charge is 0.478 e. The fourth-order valence-electron chi connectivity index (χ4n) is 1.69. The molecule has 0 aliphatic rings. The number of hydrogen-bond acceptors (Lipinski definition) is 4. The average Bonchev–Trinajstić information content (AvgIpc) is 2.35. The van der Waals surface area contributed by atoms with Gasteiger partial charge in [-0.25, -0.2) is 4.79 Å². The molecule has 0 spiro atoms. The van der Waals surface area contributed by atoms with Crippen LogP contribution in [0.25, 0.3) is 6.08 Å². The van der Waals surface area contributed by atoms with E-state index in [1.165, 1.54) is 6.08 Å². The smallest absolute Gasteiger partial charge is 0.328 e. The van der Waals surface area contributed by atoms with E-state index in [4.69, 9.17) is 15.6 Å². The van der Waals surface area contributed by atoms with Crippen LogP contribution in [-0.4, -0.2) is 23.7 Å². The molecular formula is C14H17NO4. The number of benzene rings is 1. The predicted octanol–water partition coefficient (Wildman–Crippen LogP) is 1.86. The molecule has 0 saturated heterocycles. The Kier molecular flexibility index (Phi) is 5.60. The molecule has 102 valence electrons. The average molecular weight is 263 g/mol. The molecule has 0 fully saturated rings. The van der Waals surface area contributed by atoms with Crippen molar-refractivity contribution in [2.75, 3.05) is 12.3 Å². The van der Waals surface area contributed by atoms with Gasteiger partial charge in [0.05, 0.1) is 6.61 Å². The summed E-state index contributed by atoms with van der Waals surface area (Å²) in [6.07, 6.45) is 3.16. The van der Waals surface area contributed by atoms with Crippen LogP contribution >= 0.6 is 0 Å². The van der Waals surface area contributed by atoms with Crippen molar-refractivity contribution >= 4 is 23.7 Å². The highest BCUT2D eigenvalue weighted by molar-refractivity contribution is 5.86. The van der Waals surface area contributed by atoms with Gasteiger partial charge in [0.25, 0.3) is 0 Å². The zero-order chi connectivity index (χ0) is 14.3. The van der Waals surface area contributed by atoms with Crippen molar-refractivity contribution in [2.24, 2.45) is 0 Å². The van der Waals surface area contributed by atoms with E-state index in [-0.39, 0.29) is 12.4 Å². The summed E-state index contributed by atoms with van der Waals surface area (Å²) < 4.78 is 4.85. The number of esters is 1. The molecule has 5 nitrogen and oxygen atoms in total. The molecule has 0 atom stereocenters. The van der Waals surface area contributed by atoms with Gasteiger partial charge in [0, 0.05) is 18.2 Å². The lowest BCUT2D eigenvalue weighted by molar-refractivity contribution is -0.143. The number of carbonyl (C=O) groups excluding carboxylic acids is 1. The summed E-state index contributed by atoms with van der Waals surface area (Å²) in [7, 11) is 0. The van der Waals surface area contributed by atoms with Gasteiger partial charge >= 0.3 is 11.9 Å². The van der Waals surface area contributed by atoms with E-state index in [9.17, 15) is 9.59 Å². The Morgan fingerprint density at radius 3 is 2.79 bits per heavy atom. The maximum atomic E-state index is 11.3. The number of carboxylic acids is 1. The molecule has 0 aromatic heterocycles. The highest BCUT2D eigenvalue weighted by Crippen LogP contribution is 2.20. The summed E-state index contributed by atoms with van der Waals surface area (Å²) in [6, 6.07) is 5.22. The fourth-order valence-corrected chi connectivity index (χ4v) is 1.69. The number of nitrogen functional groups attached to an aromatic ring is 1. The fraction of sp³-hybridized carbons (Fsp3) is 0.286. The number of carboxylic acid groups (broad SMARTS) is 1. The second kappa shape index (κ2) is 7.20. The summed E-state index contributed by atoms with van der Waals surface area (Å²) in [4.78, 5) is 21.9. The van der Waals surface area contributed by atoms with Gasteiger partial charge in [-0.05, 0) is 36.6 Å². The van der Waals surface area contributed by atoms with Crippen molar-refractivity contribution in [2.45, 2.75) is 19.8 Å². The highest BCUT2D eigenvalue weighted by Gasteiger charge is 2.08. The first-order valence-electron chi connectivity index (χ1n) is 5.98. The number of ether oxygens (including phenoxy) is 1. The Labute approximate surface area is 111 Å². The zero-order valence-corrected chi connectivity index (χ0v) is 10.8. The van der Waals surface area contributed by atoms with Gasteiger partial charge in [-0.3, -0.25) is 4.79 Å². The first-order valence-corrected chi connectivity index (χ1v) is 5.98. The Balaban J connectivity index is 2.86. The van der Waals surface area contributed by atoms with Crippen LogP contribution in [0, 0.1) is 0 Å². The molecule has 0 heterocycles. The van der Waals surface area contributed by atoms with Crippen LogP contribution < -0.4 is 5.73 Å². The van der Waals surface area contributed by atoms with Crippen LogP contribution in [0.1, 0.15) is 24.5 Å². The number of aliphatic carboxylic acids is 1. The van der Waals surface area contributed by atoms with Crippen molar-refractivity contribution in [1.29, 1.82) is 0 Å². The minimum Gasteiger partial charge on any atom is -0.478 e. The minimum atomic E-state index is -1.03. The second-order valence-electron chi connectivity index (χ2n) is 3.89.